The van der Waals surface area contributed by atoms with Crippen LogP contribution in [0.15, 0.2) is 0 Å². The van der Waals surface area contributed by atoms with Crippen molar-refractivity contribution < 1.29 is 4.79 Å². The van der Waals surface area contributed by atoms with Gasteiger partial charge in [-0.15, -0.1) is 0 Å². The SMILES string of the molecule is CCCCC(C)(CCC)CCCCCC(CC(C)C)C(=O)NC. The fourth-order valence-corrected chi connectivity index (χ4v) is 3.83. The van der Waals surface area contributed by atoms with E-state index >= 15 is 0 Å². The summed E-state index contributed by atoms with van der Waals surface area (Å²) in [6.45, 7) is 11.5. The van der Waals surface area contributed by atoms with E-state index in [1.54, 1.807) is 7.05 Å². The zero-order chi connectivity index (χ0) is 17.7. The van der Waals surface area contributed by atoms with Crippen molar-refractivity contribution in [2.75, 3.05) is 7.05 Å². The molecule has 0 spiro atoms. The third-order valence-corrected chi connectivity index (χ3v) is 5.19. The lowest BCUT2D eigenvalue weighted by Crippen LogP contribution is -2.28. The van der Waals surface area contributed by atoms with Crippen molar-refractivity contribution in [1.82, 2.24) is 5.32 Å². The van der Waals surface area contributed by atoms with Crippen molar-refractivity contribution in [3.63, 3.8) is 0 Å². The van der Waals surface area contributed by atoms with Crippen molar-refractivity contribution in [3.05, 3.63) is 0 Å². The van der Waals surface area contributed by atoms with Crippen LogP contribution in [-0.4, -0.2) is 13.0 Å². The number of rotatable bonds is 14. The van der Waals surface area contributed by atoms with Gasteiger partial charge in [0.15, 0.2) is 0 Å². The van der Waals surface area contributed by atoms with Crippen LogP contribution in [0.1, 0.15) is 105 Å². The van der Waals surface area contributed by atoms with E-state index in [0.29, 0.717) is 11.3 Å². The summed E-state index contributed by atoms with van der Waals surface area (Å²) in [6, 6.07) is 0. The van der Waals surface area contributed by atoms with E-state index in [1.807, 2.05) is 0 Å². The van der Waals surface area contributed by atoms with Crippen LogP contribution >= 0.6 is 0 Å². The van der Waals surface area contributed by atoms with Crippen LogP contribution in [0.4, 0.5) is 0 Å². The maximum Gasteiger partial charge on any atom is 0.222 e. The van der Waals surface area contributed by atoms with Gasteiger partial charge in [0.25, 0.3) is 0 Å². The Balaban J connectivity index is 4.13. The van der Waals surface area contributed by atoms with Gasteiger partial charge in [0.2, 0.25) is 5.91 Å². The van der Waals surface area contributed by atoms with E-state index in [0.717, 1.165) is 12.8 Å². The first kappa shape index (κ1) is 22.5. The quantitative estimate of drug-likeness (QED) is 0.371. The highest BCUT2D eigenvalue weighted by molar-refractivity contribution is 5.78. The molecule has 2 heteroatoms. The van der Waals surface area contributed by atoms with Gasteiger partial charge >= 0.3 is 0 Å². The molecule has 1 amide bonds. The lowest BCUT2D eigenvalue weighted by Gasteiger charge is -2.29. The predicted octanol–water partition coefficient (Wildman–Crippen LogP) is 6.34. The molecule has 0 rings (SSSR count). The summed E-state index contributed by atoms with van der Waals surface area (Å²) in [4.78, 5) is 12.0. The number of unbranched alkanes of at least 4 members (excludes halogenated alkanes) is 3. The smallest absolute Gasteiger partial charge is 0.222 e. The molecule has 1 N–H and O–H groups in total. The van der Waals surface area contributed by atoms with E-state index < -0.39 is 0 Å². The van der Waals surface area contributed by atoms with Gasteiger partial charge in [0.1, 0.15) is 0 Å². The van der Waals surface area contributed by atoms with Gasteiger partial charge in [0, 0.05) is 13.0 Å². The highest BCUT2D eigenvalue weighted by Crippen LogP contribution is 2.35. The normalized spacial score (nSPS) is 15.4. The number of hydrogen-bond donors (Lipinski definition) is 1. The van der Waals surface area contributed by atoms with Crippen molar-refractivity contribution in [2.24, 2.45) is 17.3 Å². The average Bonchev–Trinajstić information content (AvgIpc) is 2.50. The third kappa shape index (κ3) is 10.8. The van der Waals surface area contributed by atoms with E-state index in [9.17, 15) is 4.79 Å². The molecule has 23 heavy (non-hydrogen) atoms. The molecule has 2 nitrogen and oxygen atoms in total. The largest absolute Gasteiger partial charge is 0.359 e. The summed E-state index contributed by atoms with van der Waals surface area (Å²) >= 11 is 0. The monoisotopic (exact) mass is 325 g/mol. The Morgan fingerprint density at radius 3 is 2.13 bits per heavy atom. The summed E-state index contributed by atoms with van der Waals surface area (Å²) in [5.74, 6) is 1.04. The van der Waals surface area contributed by atoms with Gasteiger partial charge in [-0.3, -0.25) is 4.79 Å². The zero-order valence-electron chi connectivity index (χ0n) is 16.8. The van der Waals surface area contributed by atoms with E-state index in [-0.39, 0.29) is 11.8 Å². The summed E-state index contributed by atoms with van der Waals surface area (Å²) < 4.78 is 0. The van der Waals surface area contributed by atoms with Gasteiger partial charge in [0.05, 0.1) is 0 Å². The second-order valence-corrected chi connectivity index (χ2v) is 8.20. The first-order chi connectivity index (χ1) is 10.9. The molecule has 0 heterocycles. The number of carbonyl (C=O) groups is 1. The van der Waals surface area contributed by atoms with Gasteiger partial charge in [-0.25, -0.2) is 0 Å². The molecule has 0 saturated carbocycles. The van der Waals surface area contributed by atoms with Crippen molar-refractivity contribution >= 4 is 5.91 Å². The van der Waals surface area contributed by atoms with Gasteiger partial charge in [-0.1, -0.05) is 73.1 Å². The minimum absolute atomic E-state index is 0.210. The molecule has 138 valence electrons. The predicted molar refractivity (Wildman–Crippen MR) is 103 cm³/mol. The third-order valence-electron chi connectivity index (χ3n) is 5.19. The molecule has 0 aromatic carbocycles. The van der Waals surface area contributed by atoms with Crippen LogP contribution in [0.25, 0.3) is 0 Å². The molecule has 0 bridgehead atoms. The maximum atomic E-state index is 12.0. The number of carbonyl (C=O) groups excluding carboxylic acids is 1. The number of amides is 1. The number of hydrogen-bond acceptors (Lipinski definition) is 1. The summed E-state index contributed by atoms with van der Waals surface area (Å²) in [5, 5.41) is 2.84. The lowest BCUT2D eigenvalue weighted by atomic mass is 9.76. The second-order valence-electron chi connectivity index (χ2n) is 8.20. The van der Waals surface area contributed by atoms with Crippen molar-refractivity contribution in [1.29, 1.82) is 0 Å². The van der Waals surface area contributed by atoms with Crippen LogP contribution in [-0.2, 0) is 4.79 Å². The van der Waals surface area contributed by atoms with Gasteiger partial charge in [-0.05, 0) is 43.4 Å². The fourth-order valence-electron chi connectivity index (χ4n) is 3.83. The first-order valence-electron chi connectivity index (χ1n) is 10.1. The molecule has 0 aliphatic carbocycles. The Hall–Kier alpha value is -0.530. The standard InChI is InChI=1S/C21H43NO/c1-7-9-15-21(5,14-8-2)16-12-10-11-13-19(17-18(3)4)20(23)22-6/h18-19H,7-17H2,1-6H3,(H,22,23). The Bertz CT molecular complexity index is 300. The van der Waals surface area contributed by atoms with Crippen molar-refractivity contribution in [3.8, 4) is 0 Å². The molecule has 0 aromatic rings. The van der Waals surface area contributed by atoms with Crippen LogP contribution < -0.4 is 5.32 Å². The Morgan fingerprint density at radius 2 is 1.61 bits per heavy atom. The topological polar surface area (TPSA) is 29.1 Å². The fraction of sp³-hybridized carbons (Fsp3) is 0.952. The Kier molecular flexibility index (Phi) is 12.5. The minimum atomic E-state index is 0.210. The van der Waals surface area contributed by atoms with Crippen molar-refractivity contribution in [2.45, 2.75) is 105 Å². The van der Waals surface area contributed by atoms with Crippen LogP contribution in [0.5, 0.6) is 0 Å². The number of nitrogens with one attached hydrogen (secondary N) is 1. The molecular weight excluding hydrogens is 282 g/mol. The molecule has 0 saturated heterocycles. The summed E-state index contributed by atoms with van der Waals surface area (Å²) in [5.41, 5.74) is 0.545. The Morgan fingerprint density at radius 1 is 0.957 bits per heavy atom. The van der Waals surface area contributed by atoms with Crippen LogP contribution in [0.3, 0.4) is 0 Å². The van der Waals surface area contributed by atoms with E-state index in [1.165, 1.54) is 57.8 Å². The molecular formula is C21H43NO. The molecule has 0 fully saturated rings. The average molecular weight is 326 g/mol. The Labute approximate surface area is 146 Å². The van der Waals surface area contributed by atoms with Crippen LogP contribution in [0, 0.1) is 17.3 Å². The van der Waals surface area contributed by atoms with E-state index in [2.05, 4.69) is 39.9 Å². The summed E-state index contributed by atoms with van der Waals surface area (Å²) in [7, 11) is 1.76. The molecule has 0 aliphatic heterocycles. The van der Waals surface area contributed by atoms with Gasteiger partial charge < -0.3 is 5.32 Å². The van der Waals surface area contributed by atoms with E-state index in [4.69, 9.17) is 0 Å². The first-order valence-corrected chi connectivity index (χ1v) is 10.1. The maximum absolute atomic E-state index is 12.0. The molecule has 0 aliphatic rings. The van der Waals surface area contributed by atoms with Crippen LogP contribution in [0.2, 0.25) is 0 Å². The van der Waals surface area contributed by atoms with Gasteiger partial charge in [-0.2, -0.15) is 0 Å². The summed E-state index contributed by atoms with van der Waals surface area (Å²) in [6.07, 6.45) is 13.9. The highest BCUT2D eigenvalue weighted by atomic mass is 16.1. The highest BCUT2D eigenvalue weighted by Gasteiger charge is 2.22. The lowest BCUT2D eigenvalue weighted by molar-refractivity contribution is -0.125. The zero-order valence-corrected chi connectivity index (χ0v) is 16.8. The molecule has 2 atom stereocenters. The minimum Gasteiger partial charge on any atom is -0.359 e. The second kappa shape index (κ2) is 12.8. The molecule has 0 aromatic heterocycles. The molecule has 2 unspecified atom stereocenters. The molecule has 0 radical (unpaired) electrons.